The lowest BCUT2D eigenvalue weighted by Crippen LogP contribution is -2.22. The molecule has 0 bridgehead atoms. The molecule has 0 saturated heterocycles. The van der Waals surface area contributed by atoms with Crippen LogP contribution in [0.1, 0.15) is 27.9 Å². The minimum Gasteiger partial charge on any atom is -0.464 e. The first-order valence-electron chi connectivity index (χ1n) is 4.86. The molecule has 0 amide bonds. The molecule has 0 radical (unpaired) electrons. The van der Waals surface area contributed by atoms with Crippen LogP contribution in [-0.2, 0) is 14.2 Å². The van der Waals surface area contributed by atoms with Crippen molar-refractivity contribution < 1.29 is 28.6 Å². The first-order valence-corrected chi connectivity index (χ1v) is 4.86. The molecule has 18 heavy (non-hydrogen) atoms. The van der Waals surface area contributed by atoms with Crippen molar-refractivity contribution in [2.45, 2.75) is 6.92 Å². The second kappa shape index (κ2) is 5.75. The standard InChI is InChI=1S/C9H11N3O6/c1-4-18-9(15)12-6(8(14)17-3)5(10-11-12)7(13)16-2/h4H2,1-3H3. The summed E-state index contributed by atoms with van der Waals surface area (Å²) in [4.78, 5) is 34.3. The molecule has 9 heteroatoms. The predicted octanol–water partition coefficient (Wildman–Crippen LogP) is -0.144. The van der Waals surface area contributed by atoms with Crippen molar-refractivity contribution in [2.75, 3.05) is 20.8 Å². The molecule has 0 aliphatic rings. The molecule has 1 heterocycles. The molecule has 9 nitrogen and oxygen atoms in total. The average molecular weight is 257 g/mol. The van der Waals surface area contributed by atoms with Gasteiger partial charge >= 0.3 is 18.0 Å². The highest BCUT2D eigenvalue weighted by molar-refractivity contribution is 6.02. The first-order chi connectivity index (χ1) is 8.56. The Labute approximate surface area is 102 Å². The molecule has 0 unspecified atom stereocenters. The van der Waals surface area contributed by atoms with Crippen molar-refractivity contribution in [1.29, 1.82) is 0 Å². The zero-order valence-corrected chi connectivity index (χ0v) is 10.00. The summed E-state index contributed by atoms with van der Waals surface area (Å²) in [6.07, 6.45) is -0.944. The Hall–Kier alpha value is -2.45. The number of rotatable bonds is 3. The lowest BCUT2D eigenvalue weighted by molar-refractivity contribution is 0.0542. The normalized spacial score (nSPS) is 9.72. The van der Waals surface area contributed by atoms with Gasteiger partial charge in [-0.3, -0.25) is 0 Å². The molecular formula is C9H11N3O6. The van der Waals surface area contributed by atoms with Gasteiger partial charge in [0.15, 0.2) is 5.69 Å². The minimum atomic E-state index is -0.951. The largest absolute Gasteiger partial charge is 0.464 e. The number of carbonyl (C=O) groups excluding carboxylic acids is 3. The average Bonchev–Trinajstić information content (AvgIpc) is 2.81. The third-order valence-electron chi connectivity index (χ3n) is 1.87. The molecule has 0 fully saturated rings. The maximum atomic E-state index is 11.5. The maximum absolute atomic E-state index is 11.5. The molecule has 0 spiro atoms. The number of aromatic nitrogens is 3. The Bertz CT molecular complexity index is 481. The molecule has 1 rings (SSSR count). The van der Waals surface area contributed by atoms with Crippen LogP contribution >= 0.6 is 0 Å². The van der Waals surface area contributed by atoms with Gasteiger partial charge in [-0.15, -0.1) is 9.78 Å². The molecular weight excluding hydrogens is 246 g/mol. The fourth-order valence-corrected chi connectivity index (χ4v) is 1.11. The quantitative estimate of drug-likeness (QED) is 0.543. The number of carbonyl (C=O) groups is 3. The van der Waals surface area contributed by atoms with Gasteiger partial charge in [0, 0.05) is 0 Å². The highest BCUT2D eigenvalue weighted by atomic mass is 16.6. The molecule has 0 atom stereocenters. The van der Waals surface area contributed by atoms with Crippen molar-refractivity contribution in [3.05, 3.63) is 11.4 Å². The monoisotopic (exact) mass is 257 g/mol. The van der Waals surface area contributed by atoms with Crippen LogP contribution in [0, 0.1) is 0 Å². The van der Waals surface area contributed by atoms with Crippen LogP contribution < -0.4 is 0 Å². The van der Waals surface area contributed by atoms with Gasteiger partial charge in [-0.2, -0.15) is 0 Å². The summed E-state index contributed by atoms with van der Waals surface area (Å²) in [5.74, 6) is -1.86. The summed E-state index contributed by atoms with van der Waals surface area (Å²) in [5.41, 5.74) is -0.861. The van der Waals surface area contributed by atoms with Crippen LogP contribution in [0.5, 0.6) is 0 Å². The molecule has 0 aromatic carbocycles. The number of esters is 2. The summed E-state index contributed by atoms with van der Waals surface area (Å²) in [6, 6.07) is 0. The Morgan fingerprint density at radius 2 is 1.78 bits per heavy atom. The van der Waals surface area contributed by atoms with E-state index in [1.807, 2.05) is 0 Å². The summed E-state index contributed by atoms with van der Waals surface area (Å²) in [5, 5.41) is 6.76. The summed E-state index contributed by atoms with van der Waals surface area (Å²) < 4.78 is 14.0. The summed E-state index contributed by atoms with van der Waals surface area (Å²) in [7, 11) is 2.19. The van der Waals surface area contributed by atoms with Crippen LogP contribution in [0.25, 0.3) is 0 Å². The number of hydrogen-bond acceptors (Lipinski definition) is 8. The van der Waals surface area contributed by atoms with Gasteiger partial charge in [0.05, 0.1) is 20.8 Å². The second-order valence-electron chi connectivity index (χ2n) is 2.88. The van der Waals surface area contributed by atoms with Crippen molar-refractivity contribution in [3.63, 3.8) is 0 Å². The predicted molar refractivity (Wildman–Crippen MR) is 55.1 cm³/mol. The molecule has 0 aliphatic carbocycles. The van der Waals surface area contributed by atoms with Crippen LogP contribution in [0.15, 0.2) is 0 Å². The molecule has 1 aromatic rings. The zero-order valence-electron chi connectivity index (χ0n) is 10.00. The Morgan fingerprint density at radius 3 is 2.28 bits per heavy atom. The lowest BCUT2D eigenvalue weighted by Gasteiger charge is -2.04. The van der Waals surface area contributed by atoms with E-state index in [0.29, 0.717) is 4.68 Å². The molecule has 98 valence electrons. The fraction of sp³-hybridized carbons (Fsp3) is 0.444. The summed E-state index contributed by atoms with van der Waals surface area (Å²) >= 11 is 0. The number of hydrogen-bond donors (Lipinski definition) is 0. The van der Waals surface area contributed by atoms with Crippen molar-refractivity contribution in [1.82, 2.24) is 15.0 Å². The fourth-order valence-electron chi connectivity index (χ4n) is 1.11. The van der Waals surface area contributed by atoms with Gasteiger partial charge in [0.2, 0.25) is 5.69 Å². The van der Waals surface area contributed by atoms with Crippen LogP contribution in [0.2, 0.25) is 0 Å². The van der Waals surface area contributed by atoms with Gasteiger partial charge in [-0.25, -0.2) is 14.4 Å². The second-order valence-corrected chi connectivity index (χ2v) is 2.88. The van der Waals surface area contributed by atoms with E-state index in [4.69, 9.17) is 0 Å². The van der Waals surface area contributed by atoms with Gasteiger partial charge < -0.3 is 14.2 Å². The van der Waals surface area contributed by atoms with Crippen molar-refractivity contribution in [3.8, 4) is 0 Å². The Kier molecular flexibility index (Phi) is 4.35. The topological polar surface area (TPSA) is 110 Å². The molecule has 1 aromatic heterocycles. The van der Waals surface area contributed by atoms with Crippen LogP contribution in [0.3, 0.4) is 0 Å². The number of nitrogens with zero attached hydrogens (tertiary/aromatic N) is 3. The van der Waals surface area contributed by atoms with Gasteiger partial charge in [-0.05, 0) is 6.92 Å². The van der Waals surface area contributed by atoms with Crippen LogP contribution in [0.4, 0.5) is 4.79 Å². The highest BCUT2D eigenvalue weighted by Gasteiger charge is 2.30. The van der Waals surface area contributed by atoms with Crippen molar-refractivity contribution in [2.24, 2.45) is 0 Å². The van der Waals surface area contributed by atoms with E-state index in [2.05, 4.69) is 24.5 Å². The maximum Gasteiger partial charge on any atom is 0.436 e. The van der Waals surface area contributed by atoms with Gasteiger partial charge in [-0.1, -0.05) is 5.21 Å². The van der Waals surface area contributed by atoms with E-state index < -0.39 is 29.4 Å². The summed E-state index contributed by atoms with van der Waals surface area (Å²) in [6.45, 7) is 1.65. The first kappa shape index (κ1) is 13.6. The van der Waals surface area contributed by atoms with E-state index in [1.54, 1.807) is 6.92 Å². The molecule has 0 aliphatic heterocycles. The Balaban J connectivity index is 3.28. The minimum absolute atomic E-state index is 0.0763. The zero-order chi connectivity index (χ0) is 13.7. The third-order valence-corrected chi connectivity index (χ3v) is 1.87. The smallest absolute Gasteiger partial charge is 0.436 e. The number of methoxy groups -OCH3 is 2. The number of ether oxygens (including phenoxy) is 3. The van der Waals surface area contributed by atoms with E-state index in [1.165, 1.54) is 0 Å². The SMILES string of the molecule is CCOC(=O)n1nnc(C(=O)OC)c1C(=O)OC. The Morgan fingerprint density at radius 1 is 1.17 bits per heavy atom. The lowest BCUT2D eigenvalue weighted by atomic mass is 10.3. The van der Waals surface area contributed by atoms with E-state index in [9.17, 15) is 14.4 Å². The third kappa shape index (κ3) is 2.44. The van der Waals surface area contributed by atoms with Gasteiger partial charge in [0.25, 0.3) is 0 Å². The highest BCUT2D eigenvalue weighted by Crippen LogP contribution is 2.09. The van der Waals surface area contributed by atoms with Crippen LogP contribution in [-0.4, -0.2) is 53.9 Å². The molecule has 0 N–H and O–H groups in total. The van der Waals surface area contributed by atoms with Gasteiger partial charge in [0.1, 0.15) is 0 Å². The van der Waals surface area contributed by atoms with E-state index >= 15 is 0 Å². The molecule has 0 saturated carbocycles. The van der Waals surface area contributed by atoms with E-state index in [0.717, 1.165) is 14.2 Å². The van der Waals surface area contributed by atoms with Crippen molar-refractivity contribution >= 4 is 18.0 Å². The van der Waals surface area contributed by atoms with E-state index in [-0.39, 0.29) is 6.61 Å².